The number of nitrogens with one attached hydrogen (secondary N) is 3. The molecule has 0 bridgehead atoms. The summed E-state index contributed by atoms with van der Waals surface area (Å²) >= 11 is 0. The average Bonchev–Trinajstić information content (AvgIpc) is 3.27. The molecular weight excluding hydrogens is 388 g/mol. The molecule has 0 aliphatic carbocycles. The molecule has 3 N–H and O–H groups in total. The summed E-state index contributed by atoms with van der Waals surface area (Å²) in [4.78, 5) is 5.44. The van der Waals surface area contributed by atoms with E-state index in [9.17, 15) is 0 Å². The third kappa shape index (κ3) is 3.70. The smallest absolute Gasteiger partial charge is 0.128 e. The van der Waals surface area contributed by atoms with E-state index in [0.717, 1.165) is 59.0 Å². The number of methoxy groups -OCH3 is 1. The van der Waals surface area contributed by atoms with Crippen LogP contribution in [0.2, 0.25) is 0 Å². The Morgan fingerprint density at radius 1 is 1.06 bits per heavy atom. The van der Waals surface area contributed by atoms with Crippen LogP contribution >= 0.6 is 0 Å². The molecule has 0 saturated carbocycles. The van der Waals surface area contributed by atoms with Crippen LogP contribution < -0.4 is 10.1 Å². The second kappa shape index (κ2) is 8.32. The van der Waals surface area contributed by atoms with Gasteiger partial charge in [0.1, 0.15) is 17.4 Å². The van der Waals surface area contributed by atoms with Crippen molar-refractivity contribution in [3.63, 3.8) is 0 Å². The molecule has 31 heavy (non-hydrogen) atoms. The van der Waals surface area contributed by atoms with E-state index in [2.05, 4.69) is 39.5 Å². The van der Waals surface area contributed by atoms with Crippen LogP contribution in [0.5, 0.6) is 5.75 Å². The molecule has 0 amide bonds. The Kier molecular flexibility index (Phi) is 5.22. The van der Waals surface area contributed by atoms with Crippen molar-refractivity contribution in [3.05, 3.63) is 71.4 Å². The van der Waals surface area contributed by atoms with Gasteiger partial charge in [0.2, 0.25) is 0 Å². The number of amidine groups is 1. The molecule has 158 valence electrons. The van der Waals surface area contributed by atoms with Gasteiger partial charge in [0.05, 0.1) is 20.3 Å². The van der Waals surface area contributed by atoms with Crippen LogP contribution in [0.4, 0.5) is 5.82 Å². The first kappa shape index (κ1) is 19.5. The third-order valence-electron chi connectivity index (χ3n) is 5.93. The summed E-state index contributed by atoms with van der Waals surface area (Å²) in [5.41, 5.74) is 6.55. The summed E-state index contributed by atoms with van der Waals surface area (Å²) in [6, 6.07) is 16.4. The molecule has 0 unspecified atom stereocenters. The van der Waals surface area contributed by atoms with Crippen LogP contribution in [0.15, 0.2) is 54.7 Å². The molecule has 0 radical (unpaired) electrons. The number of hydrogen-bond donors (Lipinski definition) is 3. The highest BCUT2D eigenvalue weighted by Crippen LogP contribution is 2.39. The Labute approximate surface area is 182 Å². The predicted molar refractivity (Wildman–Crippen MR) is 125 cm³/mol. The molecule has 0 atom stereocenters. The third-order valence-corrected chi connectivity index (χ3v) is 5.93. The van der Waals surface area contributed by atoms with E-state index >= 15 is 0 Å². The van der Waals surface area contributed by atoms with Gasteiger partial charge in [0.25, 0.3) is 0 Å². The molecule has 1 saturated heterocycles. The van der Waals surface area contributed by atoms with Gasteiger partial charge in [-0.3, -0.25) is 5.41 Å². The maximum absolute atomic E-state index is 8.63. The highest BCUT2D eigenvalue weighted by molar-refractivity contribution is 6.00. The molecule has 5 rings (SSSR count). The number of H-pyrrole nitrogens is 1. The number of ether oxygens (including phenoxy) is 2. The molecule has 2 aliphatic rings. The molecule has 6 nitrogen and oxygen atoms in total. The maximum Gasteiger partial charge on any atom is 0.128 e. The van der Waals surface area contributed by atoms with Gasteiger partial charge in [-0.05, 0) is 29.3 Å². The van der Waals surface area contributed by atoms with E-state index in [1.54, 1.807) is 7.11 Å². The second-order valence-electron chi connectivity index (χ2n) is 7.74. The van der Waals surface area contributed by atoms with Crippen LogP contribution in [0, 0.1) is 5.41 Å². The zero-order valence-corrected chi connectivity index (χ0v) is 17.6. The molecule has 3 heterocycles. The van der Waals surface area contributed by atoms with Crippen LogP contribution in [-0.4, -0.2) is 55.7 Å². The Bertz CT molecular complexity index is 1140. The fourth-order valence-electron chi connectivity index (χ4n) is 4.25. The number of fused-ring (bicyclic) bond motifs is 1. The van der Waals surface area contributed by atoms with Crippen molar-refractivity contribution in [2.75, 3.05) is 45.3 Å². The lowest BCUT2D eigenvalue weighted by Crippen LogP contribution is -2.40. The van der Waals surface area contributed by atoms with Crippen LogP contribution in [-0.2, 0) is 4.74 Å². The Balaban J connectivity index is 1.49. The van der Waals surface area contributed by atoms with Crippen LogP contribution in [0.25, 0.3) is 22.8 Å². The lowest BCUT2D eigenvalue weighted by Gasteiger charge is -2.29. The first-order valence-corrected chi connectivity index (χ1v) is 10.6. The molecule has 3 aromatic rings. The van der Waals surface area contributed by atoms with E-state index in [0.29, 0.717) is 19.0 Å². The van der Waals surface area contributed by atoms with E-state index < -0.39 is 0 Å². The number of para-hydroxylation sites is 1. The average molecular weight is 415 g/mol. The van der Waals surface area contributed by atoms with E-state index in [-0.39, 0.29) is 0 Å². The first-order valence-electron chi connectivity index (χ1n) is 10.6. The first-order chi connectivity index (χ1) is 15.2. The minimum Gasteiger partial charge on any atom is -0.496 e. The molecule has 6 heteroatoms. The number of rotatable bonds is 4. The summed E-state index contributed by atoms with van der Waals surface area (Å²) in [6.45, 7) is 3.62. The largest absolute Gasteiger partial charge is 0.496 e. The van der Waals surface area contributed by atoms with Gasteiger partial charge < -0.3 is 24.7 Å². The van der Waals surface area contributed by atoms with Crippen molar-refractivity contribution in [2.24, 2.45) is 0 Å². The van der Waals surface area contributed by atoms with Gasteiger partial charge in [-0.1, -0.05) is 36.4 Å². The second-order valence-corrected chi connectivity index (χ2v) is 7.74. The molecule has 0 spiro atoms. The lowest BCUT2D eigenvalue weighted by atomic mass is 9.95. The molecular formula is C25H26N4O2. The summed E-state index contributed by atoms with van der Waals surface area (Å²) < 4.78 is 11.0. The number of anilines is 1. The fraction of sp³-hybridized carbons (Fsp3) is 0.240. The van der Waals surface area contributed by atoms with Crippen molar-refractivity contribution >= 4 is 23.3 Å². The van der Waals surface area contributed by atoms with Crippen molar-refractivity contribution in [1.82, 2.24) is 9.88 Å². The van der Waals surface area contributed by atoms with Crippen molar-refractivity contribution in [2.45, 2.75) is 0 Å². The Morgan fingerprint density at radius 3 is 2.74 bits per heavy atom. The highest BCUT2D eigenvalue weighted by Gasteiger charge is 2.20. The molecule has 1 fully saturated rings. The van der Waals surface area contributed by atoms with Gasteiger partial charge in [0.15, 0.2) is 0 Å². The van der Waals surface area contributed by atoms with Crippen molar-refractivity contribution < 1.29 is 9.47 Å². The molecule has 2 aliphatic heterocycles. The zero-order chi connectivity index (χ0) is 21.2. The Morgan fingerprint density at radius 2 is 1.90 bits per heavy atom. The number of benzene rings is 2. The number of aromatic nitrogens is 1. The highest BCUT2D eigenvalue weighted by atomic mass is 16.5. The summed E-state index contributed by atoms with van der Waals surface area (Å²) in [6.07, 6.45) is 4.26. The topological polar surface area (TPSA) is 73.4 Å². The van der Waals surface area contributed by atoms with Gasteiger partial charge >= 0.3 is 0 Å². The number of hydrogen-bond acceptors (Lipinski definition) is 4. The standard InChI is InChI=1S/C25H26N4O2/c1-30-23-8-3-2-7-20(23)22-16-28-25-21(22)14-19(15-27-25)17-5-4-6-18(13-17)24(26)29-9-11-31-12-10-29/h2-8,13-14,16,26-28H,9-12,15H2,1H3. The minimum absolute atomic E-state index is 0.562. The van der Waals surface area contributed by atoms with Crippen LogP contribution in [0.1, 0.15) is 16.7 Å². The van der Waals surface area contributed by atoms with E-state index in [1.165, 1.54) is 5.57 Å². The van der Waals surface area contributed by atoms with Gasteiger partial charge in [0, 0.05) is 48.1 Å². The van der Waals surface area contributed by atoms with Crippen molar-refractivity contribution in [3.8, 4) is 16.9 Å². The predicted octanol–water partition coefficient (Wildman–Crippen LogP) is 4.31. The van der Waals surface area contributed by atoms with Gasteiger partial charge in [-0.15, -0.1) is 0 Å². The SMILES string of the molecule is COc1ccccc1-c1c[nH]c2c1C=C(c1cccc(C(=N)N3CCOCC3)c1)CN2. The number of aromatic amines is 1. The monoisotopic (exact) mass is 414 g/mol. The zero-order valence-electron chi connectivity index (χ0n) is 17.6. The summed E-state index contributed by atoms with van der Waals surface area (Å²) in [7, 11) is 1.70. The fourth-order valence-corrected chi connectivity index (χ4v) is 4.25. The summed E-state index contributed by atoms with van der Waals surface area (Å²) in [5, 5.41) is 12.1. The molecule has 1 aromatic heterocycles. The van der Waals surface area contributed by atoms with Crippen molar-refractivity contribution in [1.29, 1.82) is 5.41 Å². The van der Waals surface area contributed by atoms with E-state index in [1.807, 2.05) is 36.5 Å². The van der Waals surface area contributed by atoms with Gasteiger partial charge in [-0.2, -0.15) is 0 Å². The van der Waals surface area contributed by atoms with Crippen LogP contribution in [0.3, 0.4) is 0 Å². The van der Waals surface area contributed by atoms with Gasteiger partial charge in [-0.25, -0.2) is 0 Å². The normalized spacial score (nSPS) is 15.6. The Hall–Kier alpha value is -3.51. The quantitative estimate of drug-likeness (QED) is 0.439. The minimum atomic E-state index is 0.562. The maximum atomic E-state index is 8.63. The number of morpholine rings is 1. The number of nitrogens with zero attached hydrogens (tertiary/aromatic N) is 1. The lowest BCUT2D eigenvalue weighted by molar-refractivity contribution is 0.0680. The van der Waals surface area contributed by atoms with E-state index in [4.69, 9.17) is 14.9 Å². The molecule has 2 aromatic carbocycles. The summed E-state index contributed by atoms with van der Waals surface area (Å²) in [5.74, 6) is 2.43.